The lowest BCUT2D eigenvalue weighted by Crippen LogP contribution is -1.79. The third-order valence-electron chi connectivity index (χ3n) is 1.69. The molecule has 2 aromatic heterocycles. The van der Waals surface area contributed by atoms with E-state index in [-0.39, 0.29) is 0 Å². The number of aromatic nitrogens is 1. The molecule has 2 heterocycles. The minimum absolute atomic E-state index is 0.359. The van der Waals surface area contributed by atoms with Gasteiger partial charge in [-0.15, -0.1) is 0 Å². The van der Waals surface area contributed by atoms with Crippen molar-refractivity contribution in [2.45, 2.75) is 0 Å². The van der Waals surface area contributed by atoms with E-state index in [2.05, 4.69) is 4.98 Å². The predicted octanol–water partition coefficient (Wildman–Crippen LogP) is 2.09. The van der Waals surface area contributed by atoms with E-state index in [1.165, 1.54) is 6.26 Å². The van der Waals surface area contributed by atoms with Crippen molar-refractivity contribution in [1.82, 2.24) is 4.98 Å². The van der Waals surface area contributed by atoms with Gasteiger partial charge >= 0.3 is 0 Å². The molecule has 3 nitrogen and oxygen atoms in total. The van der Waals surface area contributed by atoms with Gasteiger partial charge in [-0.2, -0.15) is 0 Å². The van der Waals surface area contributed by atoms with E-state index in [1.807, 2.05) is 12.1 Å². The molecule has 0 fully saturated rings. The van der Waals surface area contributed by atoms with Crippen molar-refractivity contribution in [2.75, 3.05) is 0 Å². The summed E-state index contributed by atoms with van der Waals surface area (Å²) in [5.41, 5.74) is 1.70. The van der Waals surface area contributed by atoms with E-state index in [0.29, 0.717) is 12.0 Å². The lowest BCUT2D eigenvalue weighted by molar-refractivity contribution is 0.110. The van der Waals surface area contributed by atoms with E-state index in [1.54, 1.807) is 12.3 Å². The van der Waals surface area contributed by atoms with E-state index < -0.39 is 0 Å². The Labute approximate surface area is 69.0 Å². The van der Waals surface area contributed by atoms with Crippen LogP contribution in [0.25, 0.3) is 11.3 Å². The van der Waals surface area contributed by atoms with Crippen molar-refractivity contribution in [3.05, 3.63) is 36.4 Å². The van der Waals surface area contributed by atoms with Gasteiger partial charge in [0, 0.05) is 17.5 Å². The van der Waals surface area contributed by atoms with Gasteiger partial charge in [0.15, 0.2) is 12.0 Å². The maximum absolute atomic E-state index is 10.5. The summed E-state index contributed by atoms with van der Waals surface area (Å²) < 4.78 is 4.95. The molecule has 0 unspecified atom stereocenters. The van der Waals surface area contributed by atoms with Crippen LogP contribution in [0.3, 0.4) is 0 Å². The van der Waals surface area contributed by atoms with Crippen molar-refractivity contribution >= 4 is 6.29 Å². The van der Waals surface area contributed by atoms with Crippen LogP contribution in [0.1, 0.15) is 10.6 Å². The van der Waals surface area contributed by atoms with Gasteiger partial charge in [0.05, 0.1) is 6.26 Å². The molecule has 2 rings (SSSR count). The minimum atomic E-state index is 0.359. The first-order chi connectivity index (χ1) is 5.92. The number of aromatic amines is 1. The average Bonchev–Trinajstić information content (AvgIpc) is 2.74. The molecule has 0 atom stereocenters. The van der Waals surface area contributed by atoms with Crippen LogP contribution in [-0.4, -0.2) is 11.3 Å². The van der Waals surface area contributed by atoms with Gasteiger partial charge < -0.3 is 9.40 Å². The van der Waals surface area contributed by atoms with Crippen LogP contribution >= 0.6 is 0 Å². The van der Waals surface area contributed by atoms with Gasteiger partial charge in [-0.3, -0.25) is 4.79 Å². The summed E-state index contributed by atoms with van der Waals surface area (Å²) in [6.45, 7) is 0. The number of aldehydes is 1. The first-order valence-electron chi connectivity index (χ1n) is 3.58. The molecular weight excluding hydrogens is 154 g/mol. The Balaban J connectivity index is 2.53. The monoisotopic (exact) mass is 161 g/mol. The largest absolute Gasteiger partial charge is 0.461 e. The molecular formula is C9H7NO2. The standard InChI is InChI=1S/C9H7NO2/c11-6-9-7(3-5-12-9)8-2-1-4-10-8/h1-6,10H. The molecule has 0 bridgehead atoms. The minimum Gasteiger partial charge on any atom is -0.461 e. The van der Waals surface area contributed by atoms with Gasteiger partial charge in [-0.05, 0) is 18.2 Å². The molecule has 60 valence electrons. The second-order valence-corrected chi connectivity index (χ2v) is 2.40. The predicted molar refractivity (Wildman–Crippen MR) is 43.9 cm³/mol. The molecule has 0 aliphatic heterocycles. The van der Waals surface area contributed by atoms with Crippen molar-refractivity contribution in [3.63, 3.8) is 0 Å². The van der Waals surface area contributed by atoms with Gasteiger partial charge in [0.25, 0.3) is 0 Å². The Bertz CT molecular complexity index is 373. The fourth-order valence-electron chi connectivity index (χ4n) is 1.13. The molecule has 0 aliphatic carbocycles. The highest BCUT2D eigenvalue weighted by molar-refractivity contribution is 5.82. The number of rotatable bonds is 2. The third-order valence-corrected chi connectivity index (χ3v) is 1.69. The lowest BCUT2D eigenvalue weighted by Gasteiger charge is -1.91. The molecule has 2 aromatic rings. The van der Waals surface area contributed by atoms with E-state index in [0.717, 1.165) is 11.3 Å². The zero-order valence-corrected chi connectivity index (χ0v) is 6.28. The summed E-state index contributed by atoms with van der Waals surface area (Å²) in [7, 11) is 0. The van der Waals surface area contributed by atoms with Gasteiger partial charge in [-0.1, -0.05) is 0 Å². The Kier molecular flexibility index (Phi) is 1.55. The molecule has 0 amide bonds. The van der Waals surface area contributed by atoms with E-state index in [9.17, 15) is 4.79 Å². The van der Waals surface area contributed by atoms with E-state index >= 15 is 0 Å². The summed E-state index contributed by atoms with van der Waals surface area (Å²) in [6.07, 6.45) is 4.01. The smallest absolute Gasteiger partial charge is 0.186 e. The van der Waals surface area contributed by atoms with Crippen LogP contribution in [0, 0.1) is 0 Å². The number of carbonyl (C=O) groups excluding carboxylic acids is 1. The van der Waals surface area contributed by atoms with Crippen molar-refractivity contribution in [3.8, 4) is 11.3 Å². The van der Waals surface area contributed by atoms with Gasteiger partial charge in [0.1, 0.15) is 0 Å². The van der Waals surface area contributed by atoms with Crippen LogP contribution < -0.4 is 0 Å². The summed E-state index contributed by atoms with van der Waals surface area (Å²) in [5, 5.41) is 0. The quantitative estimate of drug-likeness (QED) is 0.685. The maximum Gasteiger partial charge on any atom is 0.186 e. The van der Waals surface area contributed by atoms with Gasteiger partial charge in [0.2, 0.25) is 0 Å². The second-order valence-electron chi connectivity index (χ2n) is 2.40. The van der Waals surface area contributed by atoms with Gasteiger partial charge in [-0.25, -0.2) is 0 Å². The Morgan fingerprint density at radius 1 is 1.42 bits per heavy atom. The molecule has 1 N–H and O–H groups in total. The van der Waals surface area contributed by atoms with Crippen molar-refractivity contribution in [2.24, 2.45) is 0 Å². The maximum atomic E-state index is 10.5. The highest BCUT2D eigenvalue weighted by atomic mass is 16.3. The first-order valence-corrected chi connectivity index (χ1v) is 3.58. The first kappa shape index (κ1) is 6.91. The van der Waals surface area contributed by atoms with Crippen molar-refractivity contribution < 1.29 is 9.21 Å². The summed E-state index contributed by atoms with van der Waals surface area (Å²) in [5.74, 6) is 0.359. The normalized spacial score (nSPS) is 10.0. The summed E-state index contributed by atoms with van der Waals surface area (Å²) in [4.78, 5) is 13.5. The highest BCUT2D eigenvalue weighted by Crippen LogP contribution is 2.21. The highest BCUT2D eigenvalue weighted by Gasteiger charge is 2.06. The Morgan fingerprint density at radius 3 is 3.00 bits per heavy atom. The molecule has 12 heavy (non-hydrogen) atoms. The zero-order chi connectivity index (χ0) is 8.39. The number of H-pyrrole nitrogens is 1. The van der Waals surface area contributed by atoms with Crippen LogP contribution in [-0.2, 0) is 0 Å². The average molecular weight is 161 g/mol. The third kappa shape index (κ3) is 0.955. The Hall–Kier alpha value is -1.77. The van der Waals surface area contributed by atoms with Crippen LogP contribution in [0.15, 0.2) is 35.1 Å². The second kappa shape index (κ2) is 2.70. The fraction of sp³-hybridized carbons (Fsp3) is 0. The van der Waals surface area contributed by atoms with Crippen molar-refractivity contribution in [1.29, 1.82) is 0 Å². The number of hydrogen-bond acceptors (Lipinski definition) is 2. The molecule has 0 saturated carbocycles. The molecule has 0 spiro atoms. The Morgan fingerprint density at radius 2 is 2.33 bits per heavy atom. The summed E-state index contributed by atoms with van der Waals surface area (Å²) >= 11 is 0. The molecule has 3 heteroatoms. The molecule has 0 radical (unpaired) electrons. The fourth-order valence-corrected chi connectivity index (χ4v) is 1.13. The topological polar surface area (TPSA) is 46.0 Å². The lowest BCUT2D eigenvalue weighted by atomic mass is 10.2. The van der Waals surface area contributed by atoms with Crippen LogP contribution in [0.2, 0.25) is 0 Å². The van der Waals surface area contributed by atoms with Crippen LogP contribution in [0.5, 0.6) is 0 Å². The number of furan rings is 1. The summed E-state index contributed by atoms with van der Waals surface area (Å²) in [6, 6.07) is 5.52. The SMILES string of the molecule is O=Cc1occc1-c1ccc[nH]1. The number of hydrogen-bond donors (Lipinski definition) is 1. The molecule has 0 aliphatic rings. The van der Waals surface area contributed by atoms with E-state index in [4.69, 9.17) is 4.42 Å². The number of nitrogens with one attached hydrogen (secondary N) is 1. The number of carbonyl (C=O) groups is 1. The molecule has 0 aromatic carbocycles. The molecule has 0 saturated heterocycles. The van der Waals surface area contributed by atoms with Crippen LogP contribution in [0.4, 0.5) is 0 Å². The zero-order valence-electron chi connectivity index (χ0n) is 6.28.